The Labute approximate surface area is 645 Å². The lowest BCUT2D eigenvalue weighted by molar-refractivity contribution is -0.156. The third kappa shape index (κ3) is 39.5. The number of hydrogen-bond donors (Lipinski definition) is 8. The van der Waals surface area contributed by atoms with Crippen LogP contribution >= 0.6 is 15.9 Å². The zero-order valence-corrected chi connectivity index (χ0v) is 64.1. The molecule has 0 saturated carbocycles. The number of aliphatic carboxylic acids is 1. The molecule has 0 aliphatic carbocycles. The minimum absolute atomic E-state index is 0.000219. The number of nitrogens with one attached hydrogen (secondary N) is 5. The average molecular weight is 1580 g/mol. The van der Waals surface area contributed by atoms with E-state index in [0.717, 1.165) is 50.1 Å². The molecule has 4 aromatic rings. The maximum absolute atomic E-state index is 12.3. The van der Waals surface area contributed by atoms with Crippen LogP contribution in [-0.2, 0) is 62.2 Å². The Bertz CT molecular complexity index is 3560. The highest BCUT2D eigenvalue weighted by atomic mass is 79.9. The predicted molar refractivity (Wildman–Crippen MR) is 411 cm³/mol. The molecule has 3 fully saturated rings. The number of hydrogen-bond acceptors (Lipinski definition) is 21. The molecule has 594 valence electrons. The molecule has 0 unspecified atom stereocenters. The molecule has 3 heterocycles. The van der Waals surface area contributed by atoms with Crippen molar-refractivity contribution >= 4 is 98.3 Å². The highest BCUT2D eigenvalue weighted by Gasteiger charge is 2.33. The summed E-state index contributed by atoms with van der Waals surface area (Å²) in [5, 5.41) is 33.0. The van der Waals surface area contributed by atoms with Crippen LogP contribution in [0, 0.1) is 24.0 Å². The number of amides is 6. The van der Waals surface area contributed by atoms with Crippen LogP contribution in [0.3, 0.4) is 0 Å². The third-order valence-corrected chi connectivity index (χ3v) is 16.3. The van der Waals surface area contributed by atoms with E-state index in [9.17, 15) is 47.9 Å². The molecule has 0 radical (unpaired) electrons. The first kappa shape index (κ1) is 92.3. The Morgan fingerprint density at radius 1 is 0.450 bits per heavy atom. The highest BCUT2D eigenvalue weighted by molar-refractivity contribution is 9.09. The number of carboxylic acids is 1. The lowest BCUT2D eigenvalue weighted by Crippen LogP contribution is -2.54. The lowest BCUT2D eigenvalue weighted by Gasteiger charge is -2.33. The van der Waals surface area contributed by atoms with E-state index < -0.39 is 41.4 Å². The summed E-state index contributed by atoms with van der Waals surface area (Å²) in [6.07, 6.45) is 6.45. The molecule has 3 aliphatic rings. The maximum Gasteiger partial charge on any atom is 0.312 e. The van der Waals surface area contributed by atoms with Crippen LogP contribution in [0.2, 0.25) is 0 Å². The molecular formula is C76H105BrN14O18. The molecule has 0 atom stereocenters. The molecule has 33 heteroatoms. The first-order chi connectivity index (χ1) is 52.6. The van der Waals surface area contributed by atoms with Crippen molar-refractivity contribution in [3.8, 4) is 23.0 Å². The van der Waals surface area contributed by atoms with E-state index in [4.69, 9.17) is 69.0 Å². The van der Waals surface area contributed by atoms with Crippen molar-refractivity contribution < 1.29 is 86.2 Å². The Morgan fingerprint density at radius 2 is 0.761 bits per heavy atom. The topological polar surface area (TPSA) is 416 Å². The maximum atomic E-state index is 12.3. The van der Waals surface area contributed by atoms with Gasteiger partial charge in [0.15, 0.2) is 11.4 Å². The van der Waals surface area contributed by atoms with Crippen molar-refractivity contribution in [2.45, 2.75) is 97.8 Å². The minimum atomic E-state index is -0.749. The summed E-state index contributed by atoms with van der Waals surface area (Å²) >= 11 is 3.22. The van der Waals surface area contributed by atoms with Crippen LogP contribution < -0.4 is 46.4 Å². The fourth-order valence-electron chi connectivity index (χ4n) is 10.1. The van der Waals surface area contributed by atoms with Gasteiger partial charge in [-0.3, -0.25) is 58.8 Å². The van der Waals surface area contributed by atoms with E-state index in [1.54, 1.807) is 98.8 Å². The fourth-order valence-corrected chi connectivity index (χ4v) is 10.4. The largest absolute Gasteiger partial charge is 0.494 e. The summed E-state index contributed by atoms with van der Waals surface area (Å²) in [6, 6.07) is 27.8. The third-order valence-electron chi connectivity index (χ3n) is 15.8. The number of nitrogens with two attached hydrogens (primary N) is 2. The number of carboxylic acid groups (broad SMARTS) is 1. The van der Waals surface area contributed by atoms with E-state index in [1.807, 2.05) is 19.1 Å². The normalized spacial score (nSPS) is 13.0. The van der Waals surface area contributed by atoms with Crippen molar-refractivity contribution in [2.24, 2.45) is 11.5 Å². The van der Waals surface area contributed by atoms with Crippen LogP contribution in [0.4, 0.5) is 11.4 Å². The number of alkyl halides is 1. The molecule has 4 aromatic carbocycles. The standard InChI is InChI=1S/C20H28N4O5.C20H25N3O5.C16H26N4O3.C14H15N3O3.C6H11BrO2/c1-2-28-17(25)5-3-10-23-12-13-24(20(27)19(23)26)11-4-14-29-16-8-6-15(7-9-16)18(21)22;1-3-27-18(24)6-4-11-22-13-14-23(20(26)19(22)25)12-5-15-28-17-9-7-16(21-2)8-10-17;17-16(18)13-4-6-14(7-5-13)23-12-2-9-20-11-10-19-8-1-3-15(21)22;1-15-11-3-5-12(6-4-11)20-10-2-8-17-9-7-16-13(18)14(17)19;1-2-9-6(8)4-3-5-7/h6-9H,2-5,10-14H2,1H3,(H3,21,22);7-10H,3-6,11-15H2,1H3;4-7,19-20H,1-3,8-12H2,(H3,17,18)(H,21,22);3-6H,2,7-10H2,(H,16,18);2-5H2,1H3. The van der Waals surface area contributed by atoms with E-state index in [1.165, 1.54) is 24.5 Å². The second kappa shape index (κ2) is 55.5. The van der Waals surface area contributed by atoms with Gasteiger partial charge in [0.25, 0.3) is 0 Å². The van der Waals surface area contributed by atoms with Crippen LogP contribution in [0.1, 0.15) is 109 Å². The zero-order chi connectivity index (χ0) is 80.0. The van der Waals surface area contributed by atoms with Crippen LogP contribution in [0.15, 0.2) is 97.1 Å². The van der Waals surface area contributed by atoms with E-state index >= 15 is 0 Å². The molecule has 6 amide bonds. The van der Waals surface area contributed by atoms with Crippen LogP contribution in [0.5, 0.6) is 23.0 Å². The summed E-state index contributed by atoms with van der Waals surface area (Å²) in [5.41, 5.74) is 13.2. The lowest BCUT2D eigenvalue weighted by atomic mass is 10.2. The smallest absolute Gasteiger partial charge is 0.312 e. The molecule has 109 heavy (non-hydrogen) atoms. The van der Waals surface area contributed by atoms with Gasteiger partial charge in [-0.25, -0.2) is 9.69 Å². The summed E-state index contributed by atoms with van der Waals surface area (Å²) in [6.45, 7) is 30.4. The fraction of sp³-hybridized carbons (Fsp3) is 0.500. The van der Waals surface area contributed by atoms with Gasteiger partial charge in [-0.05, 0) is 158 Å². The van der Waals surface area contributed by atoms with Gasteiger partial charge >= 0.3 is 59.3 Å². The van der Waals surface area contributed by atoms with Crippen molar-refractivity contribution in [1.82, 2.24) is 40.4 Å². The van der Waals surface area contributed by atoms with Crippen molar-refractivity contribution in [3.63, 3.8) is 0 Å². The molecule has 3 aliphatic heterocycles. The van der Waals surface area contributed by atoms with E-state index in [0.29, 0.717) is 203 Å². The molecule has 3 saturated heterocycles. The number of amidine groups is 2. The molecule has 7 rings (SSSR count). The second-order valence-corrected chi connectivity index (χ2v) is 24.8. The SMILES string of the molecule is CCOC(=O)CCCBr.CCOC(=O)CCCN1CCN(CCCOc2ccc(C(=N)N)cc2)C(=O)C1=O.N=C(N)c1ccc(OCCCNCCNCCCC(=O)O)cc1.[C-]#[N+]c1ccc(OCCCN2CCN(CCCC(=O)OCC)C(=O)C2=O)cc1.[C-]#[N+]c1ccc(OCCCN2CCNC(=O)C2=O)cc1. The van der Waals surface area contributed by atoms with Gasteiger partial charge in [-0.15, -0.1) is 0 Å². The first-order valence-corrected chi connectivity index (χ1v) is 37.4. The number of carbonyl (C=O) groups excluding carboxylic acids is 9. The highest BCUT2D eigenvalue weighted by Crippen LogP contribution is 2.21. The zero-order valence-electron chi connectivity index (χ0n) is 62.5. The molecule has 10 N–H and O–H groups in total. The van der Waals surface area contributed by atoms with Crippen molar-refractivity contribution in [1.29, 1.82) is 10.8 Å². The number of nitrogen functional groups attached to an aromatic ring is 2. The summed E-state index contributed by atoms with van der Waals surface area (Å²) < 4.78 is 36.7. The van der Waals surface area contributed by atoms with Gasteiger partial charge in [-0.2, -0.15) is 0 Å². The molecule has 0 aromatic heterocycles. The number of piperazine rings is 3. The predicted octanol–water partition coefficient (Wildman–Crippen LogP) is 6.25. The monoisotopic (exact) mass is 1580 g/mol. The number of rotatable bonds is 43. The Kier molecular flexibility index (Phi) is 47.0. The van der Waals surface area contributed by atoms with Crippen LogP contribution in [0.25, 0.3) is 9.69 Å². The first-order valence-electron chi connectivity index (χ1n) is 36.3. The molecule has 32 nitrogen and oxygen atoms in total. The summed E-state index contributed by atoms with van der Waals surface area (Å²) in [5.74, 6) is -1.67. The number of ether oxygens (including phenoxy) is 7. The quantitative estimate of drug-likeness (QED) is 0.00355. The number of carbonyl (C=O) groups is 10. The van der Waals surface area contributed by atoms with Gasteiger partial charge in [0, 0.05) is 127 Å². The van der Waals surface area contributed by atoms with Gasteiger partial charge in [0.05, 0.1) is 59.4 Å². The molecule has 0 spiro atoms. The summed E-state index contributed by atoms with van der Waals surface area (Å²) in [7, 11) is 0. The number of esters is 3. The van der Waals surface area contributed by atoms with Gasteiger partial charge in [0.2, 0.25) is 0 Å². The van der Waals surface area contributed by atoms with Crippen LogP contribution in [-0.4, -0.2) is 250 Å². The van der Waals surface area contributed by atoms with Gasteiger partial charge in [0.1, 0.15) is 34.7 Å². The summed E-state index contributed by atoms with van der Waals surface area (Å²) in [4.78, 5) is 129. The van der Waals surface area contributed by atoms with Crippen molar-refractivity contribution in [2.75, 3.05) is 150 Å². The van der Waals surface area contributed by atoms with Gasteiger partial charge in [-0.1, -0.05) is 40.2 Å². The van der Waals surface area contributed by atoms with Crippen molar-refractivity contribution in [3.05, 3.63) is 131 Å². The number of halogens is 1. The Morgan fingerprint density at radius 3 is 1.08 bits per heavy atom. The Hall–Kier alpha value is -10.9. The second-order valence-electron chi connectivity index (χ2n) is 24.0. The molecule has 0 bridgehead atoms. The van der Waals surface area contributed by atoms with Gasteiger partial charge < -0.3 is 90.2 Å². The van der Waals surface area contributed by atoms with E-state index in [-0.39, 0.29) is 48.8 Å². The van der Waals surface area contributed by atoms with E-state index in [2.05, 4.69) is 46.3 Å². The average Bonchev–Trinajstić information content (AvgIpc) is 0.840. The molecular weight excluding hydrogens is 1480 g/mol. The minimum Gasteiger partial charge on any atom is -0.494 e. The number of benzene rings is 4. The number of nitrogens with zero attached hydrogens (tertiary/aromatic N) is 7. The Balaban J connectivity index is 0.000000365.